The van der Waals surface area contributed by atoms with Gasteiger partial charge in [0.05, 0.1) is 6.54 Å². The summed E-state index contributed by atoms with van der Waals surface area (Å²) < 4.78 is 0. The zero-order valence-corrected chi connectivity index (χ0v) is 7.09. The van der Waals surface area contributed by atoms with Gasteiger partial charge in [-0.05, 0) is 6.42 Å². The Morgan fingerprint density at radius 2 is 1.91 bits per heavy atom. The van der Waals surface area contributed by atoms with Gasteiger partial charge in [0.1, 0.15) is 0 Å². The van der Waals surface area contributed by atoms with Gasteiger partial charge in [-0.2, -0.15) is 5.06 Å². The summed E-state index contributed by atoms with van der Waals surface area (Å²) >= 11 is 0. The molecule has 0 radical (unpaired) electrons. The highest BCUT2D eigenvalue weighted by Gasteiger charge is 2.09. The lowest BCUT2D eigenvalue weighted by molar-refractivity contribution is -0.195. The van der Waals surface area contributed by atoms with Crippen molar-refractivity contribution in [2.75, 3.05) is 6.54 Å². The number of hydrogen-bond donors (Lipinski definition) is 0. The van der Waals surface area contributed by atoms with Gasteiger partial charge in [-0.1, -0.05) is 6.92 Å². The lowest BCUT2D eigenvalue weighted by Crippen LogP contribution is -2.31. The van der Waals surface area contributed by atoms with Gasteiger partial charge >= 0.3 is 5.97 Å². The number of hydrogen-bond acceptors (Lipinski definition) is 3. The molecule has 0 aromatic heterocycles. The van der Waals surface area contributed by atoms with Crippen molar-refractivity contribution in [2.24, 2.45) is 0 Å². The molecule has 64 valence electrons. The van der Waals surface area contributed by atoms with Crippen LogP contribution < -0.4 is 0 Å². The van der Waals surface area contributed by atoms with Gasteiger partial charge in [-0.15, -0.1) is 0 Å². The molecular weight excluding hydrogens is 146 g/mol. The van der Waals surface area contributed by atoms with Crippen molar-refractivity contribution in [3.63, 3.8) is 0 Å². The quantitative estimate of drug-likeness (QED) is 0.558. The van der Waals surface area contributed by atoms with Crippen LogP contribution in [0.5, 0.6) is 0 Å². The fourth-order valence-corrected chi connectivity index (χ4v) is 0.626. The van der Waals surface area contributed by atoms with Crippen LogP contribution in [0.15, 0.2) is 0 Å². The molecule has 0 spiro atoms. The standard InChI is InChI=1S/C7H13NO3/c1-4-5-8(6(2)9)11-7(3)10/h4-5H2,1-3H3. The first-order valence-corrected chi connectivity index (χ1v) is 3.54. The second-order valence-corrected chi connectivity index (χ2v) is 2.20. The molecule has 0 saturated carbocycles. The zero-order chi connectivity index (χ0) is 8.85. The summed E-state index contributed by atoms with van der Waals surface area (Å²) in [4.78, 5) is 25.7. The van der Waals surface area contributed by atoms with Crippen molar-refractivity contribution in [2.45, 2.75) is 27.2 Å². The Morgan fingerprint density at radius 1 is 1.36 bits per heavy atom. The summed E-state index contributed by atoms with van der Waals surface area (Å²) in [5.41, 5.74) is 0. The highest BCUT2D eigenvalue weighted by molar-refractivity contribution is 5.75. The summed E-state index contributed by atoms with van der Waals surface area (Å²) in [7, 11) is 0. The van der Waals surface area contributed by atoms with E-state index in [1.807, 2.05) is 6.92 Å². The van der Waals surface area contributed by atoms with E-state index in [0.29, 0.717) is 6.54 Å². The second kappa shape index (κ2) is 4.71. The first-order chi connectivity index (χ1) is 5.07. The molecule has 0 aliphatic carbocycles. The van der Waals surface area contributed by atoms with Crippen molar-refractivity contribution in [1.82, 2.24) is 5.06 Å². The molecule has 0 aliphatic heterocycles. The molecule has 0 atom stereocenters. The highest BCUT2D eigenvalue weighted by atomic mass is 16.7. The topological polar surface area (TPSA) is 46.6 Å². The van der Waals surface area contributed by atoms with Crippen molar-refractivity contribution in [3.8, 4) is 0 Å². The molecule has 0 bridgehead atoms. The smallest absolute Gasteiger partial charge is 0.329 e. The average Bonchev–Trinajstić information content (AvgIpc) is 1.86. The first-order valence-electron chi connectivity index (χ1n) is 3.54. The Labute approximate surface area is 66.1 Å². The fraction of sp³-hybridized carbons (Fsp3) is 0.714. The van der Waals surface area contributed by atoms with Crippen LogP contribution in [-0.2, 0) is 14.4 Å². The maximum atomic E-state index is 10.7. The molecule has 0 saturated heterocycles. The van der Waals surface area contributed by atoms with E-state index in [2.05, 4.69) is 4.84 Å². The van der Waals surface area contributed by atoms with Gasteiger partial charge in [0.2, 0.25) is 0 Å². The number of rotatable bonds is 2. The number of carbonyl (C=O) groups excluding carboxylic acids is 2. The third kappa shape index (κ3) is 4.36. The SMILES string of the molecule is CCCN(OC(C)=O)C(C)=O. The monoisotopic (exact) mass is 159 g/mol. The van der Waals surface area contributed by atoms with Gasteiger partial charge in [0.15, 0.2) is 0 Å². The zero-order valence-electron chi connectivity index (χ0n) is 7.09. The van der Waals surface area contributed by atoms with Crippen LogP contribution in [0.1, 0.15) is 27.2 Å². The molecule has 0 heterocycles. The van der Waals surface area contributed by atoms with Gasteiger partial charge in [0.25, 0.3) is 5.91 Å². The fourth-order valence-electron chi connectivity index (χ4n) is 0.626. The first kappa shape index (κ1) is 9.94. The van der Waals surface area contributed by atoms with Crippen LogP contribution in [0, 0.1) is 0 Å². The third-order valence-corrected chi connectivity index (χ3v) is 1.02. The van der Waals surface area contributed by atoms with Crippen molar-refractivity contribution < 1.29 is 14.4 Å². The summed E-state index contributed by atoms with van der Waals surface area (Å²) in [6.45, 7) is 4.98. The molecule has 11 heavy (non-hydrogen) atoms. The number of carbonyl (C=O) groups is 2. The minimum Gasteiger partial charge on any atom is -0.338 e. The number of amides is 1. The Morgan fingerprint density at radius 3 is 2.18 bits per heavy atom. The highest BCUT2D eigenvalue weighted by Crippen LogP contribution is 1.94. The van der Waals surface area contributed by atoms with E-state index in [4.69, 9.17) is 0 Å². The molecule has 0 unspecified atom stereocenters. The Bertz CT molecular complexity index is 156. The minimum absolute atomic E-state index is 0.248. The van der Waals surface area contributed by atoms with Crippen LogP contribution >= 0.6 is 0 Å². The predicted octanol–water partition coefficient (Wildman–Crippen LogP) is 0.723. The third-order valence-electron chi connectivity index (χ3n) is 1.02. The van der Waals surface area contributed by atoms with E-state index >= 15 is 0 Å². The largest absolute Gasteiger partial charge is 0.338 e. The van der Waals surface area contributed by atoms with Crippen LogP contribution in [0.2, 0.25) is 0 Å². The van der Waals surface area contributed by atoms with E-state index in [1.165, 1.54) is 13.8 Å². The lowest BCUT2D eigenvalue weighted by Gasteiger charge is -2.17. The normalized spacial score (nSPS) is 9.00. The average molecular weight is 159 g/mol. The van der Waals surface area contributed by atoms with Crippen molar-refractivity contribution in [1.29, 1.82) is 0 Å². The molecule has 0 aromatic carbocycles. The van der Waals surface area contributed by atoms with E-state index in [0.717, 1.165) is 11.5 Å². The molecule has 0 fully saturated rings. The van der Waals surface area contributed by atoms with E-state index in [9.17, 15) is 9.59 Å². The van der Waals surface area contributed by atoms with Crippen LogP contribution in [0.4, 0.5) is 0 Å². The second-order valence-electron chi connectivity index (χ2n) is 2.20. The predicted molar refractivity (Wildman–Crippen MR) is 39.4 cm³/mol. The van der Waals surface area contributed by atoms with Crippen LogP contribution in [0.3, 0.4) is 0 Å². The molecule has 0 aliphatic rings. The molecule has 0 N–H and O–H groups in total. The molecule has 0 aromatic rings. The Kier molecular flexibility index (Phi) is 4.26. The van der Waals surface area contributed by atoms with Crippen LogP contribution in [-0.4, -0.2) is 23.5 Å². The molecule has 4 heteroatoms. The summed E-state index contributed by atoms with van der Waals surface area (Å²) in [6, 6.07) is 0. The van der Waals surface area contributed by atoms with Gasteiger partial charge in [0, 0.05) is 13.8 Å². The number of nitrogens with zero attached hydrogens (tertiary/aromatic N) is 1. The van der Waals surface area contributed by atoms with E-state index in [-0.39, 0.29) is 5.91 Å². The lowest BCUT2D eigenvalue weighted by atomic mass is 10.5. The maximum Gasteiger partial charge on any atom is 0.329 e. The van der Waals surface area contributed by atoms with Gasteiger partial charge < -0.3 is 4.84 Å². The maximum absolute atomic E-state index is 10.7. The van der Waals surface area contributed by atoms with E-state index < -0.39 is 5.97 Å². The molecule has 0 rings (SSSR count). The molecule has 1 amide bonds. The van der Waals surface area contributed by atoms with Crippen molar-refractivity contribution in [3.05, 3.63) is 0 Å². The van der Waals surface area contributed by atoms with E-state index in [1.54, 1.807) is 0 Å². The minimum atomic E-state index is -0.464. The molecule has 4 nitrogen and oxygen atoms in total. The summed E-state index contributed by atoms with van der Waals surface area (Å²) in [5.74, 6) is -0.712. The van der Waals surface area contributed by atoms with Crippen LogP contribution in [0.25, 0.3) is 0 Å². The summed E-state index contributed by atoms with van der Waals surface area (Å²) in [6.07, 6.45) is 0.771. The Hall–Kier alpha value is -1.06. The van der Waals surface area contributed by atoms with Gasteiger partial charge in [-0.25, -0.2) is 0 Å². The Balaban J connectivity index is 3.89. The van der Waals surface area contributed by atoms with Gasteiger partial charge in [-0.3, -0.25) is 9.59 Å². The molecular formula is C7H13NO3. The summed E-state index contributed by atoms with van der Waals surface area (Å²) in [5, 5.41) is 1.06. The number of hydroxylamine groups is 2. The van der Waals surface area contributed by atoms with Crippen molar-refractivity contribution >= 4 is 11.9 Å².